The van der Waals surface area contributed by atoms with Crippen LogP contribution in [0.4, 0.5) is 0 Å². The molecule has 0 aliphatic carbocycles. The molecule has 0 bridgehead atoms. The number of ether oxygens (including phenoxy) is 1. The molecule has 0 N–H and O–H groups in total. The maximum Gasteiger partial charge on any atom is 0.330 e. The number of hydrogen-bond acceptors (Lipinski definition) is 2. The molecule has 0 aromatic heterocycles. The number of allylic oxidation sites excluding steroid dienone is 1. The summed E-state index contributed by atoms with van der Waals surface area (Å²) in [5, 5.41) is 0. The zero-order valence-corrected chi connectivity index (χ0v) is 11.1. The molecule has 0 saturated carbocycles. The second kappa shape index (κ2) is 10.7. The first-order valence-corrected chi connectivity index (χ1v) is 6.54. The Labute approximate surface area is 100 Å². The molecule has 0 saturated heterocycles. The van der Waals surface area contributed by atoms with Gasteiger partial charge in [-0.3, -0.25) is 0 Å². The van der Waals surface area contributed by atoms with E-state index in [2.05, 4.69) is 6.92 Å². The summed E-state index contributed by atoms with van der Waals surface area (Å²) in [7, 11) is 0. The van der Waals surface area contributed by atoms with E-state index in [1.807, 2.05) is 13.8 Å². The third-order valence-corrected chi connectivity index (χ3v) is 2.58. The first kappa shape index (κ1) is 15.2. The molecule has 2 heteroatoms. The Kier molecular flexibility index (Phi) is 10.2. The molecule has 0 rings (SSSR count). The summed E-state index contributed by atoms with van der Waals surface area (Å²) in [4.78, 5) is 11.1. The SMILES string of the molecule is CCCCCCCCC(C)=CC(=O)OCC. The van der Waals surface area contributed by atoms with Crippen molar-refractivity contribution >= 4 is 5.97 Å². The Morgan fingerprint density at radius 3 is 2.31 bits per heavy atom. The molecule has 16 heavy (non-hydrogen) atoms. The highest BCUT2D eigenvalue weighted by atomic mass is 16.5. The lowest BCUT2D eigenvalue weighted by Crippen LogP contribution is -2.00. The topological polar surface area (TPSA) is 26.3 Å². The van der Waals surface area contributed by atoms with E-state index in [0.29, 0.717) is 6.61 Å². The fraction of sp³-hybridized carbons (Fsp3) is 0.786. The van der Waals surface area contributed by atoms with Crippen molar-refractivity contribution < 1.29 is 9.53 Å². The van der Waals surface area contributed by atoms with Crippen LogP contribution in [0.3, 0.4) is 0 Å². The van der Waals surface area contributed by atoms with Crippen LogP contribution in [-0.4, -0.2) is 12.6 Å². The standard InChI is InChI=1S/C14H26O2/c1-4-6-7-8-9-10-11-13(3)12-14(15)16-5-2/h12H,4-11H2,1-3H3. The zero-order valence-electron chi connectivity index (χ0n) is 11.1. The molecule has 0 spiro atoms. The van der Waals surface area contributed by atoms with Crippen molar-refractivity contribution in [2.24, 2.45) is 0 Å². The van der Waals surface area contributed by atoms with E-state index >= 15 is 0 Å². The predicted octanol–water partition coefficient (Wildman–Crippen LogP) is 4.25. The normalized spacial score (nSPS) is 11.6. The van der Waals surface area contributed by atoms with Gasteiger partial charge in [-0.25, -0.2) is 4.79 Å². The van der Waals surface area contributed by atoms with Gasteiger partial charge in [-0.05, 0) is 26.7 Å². The predicted molar refractivity (Wildman–Crippen MR) is 68.4 cm³/mol. The van der Waals surface area contributed by atoms with E-state index in [-0.39, 0.29) is 5.97 Å². The minimum atomic E-state index is -0.203. The van der Waals surface area contributed by atoms with Gasteiger partial charge in [0.15, 0.2) is 0 Å². The highest BCUT2D eigenvalue weighted by Gasteiger charge is 1.98. The van der Waals surface area contributed by atoms with Crippen LogP contribution in [0, 0.1) is 0 Å². The average Bonchev–Trinajstić information content (AvgIpc) is 2.23. The number of unbranched alkanes of at least 4 members (excludes halogenated alkanes) is 5. The van der Waals surface area contributed by atoms with Crippen molar-refractivity contribution in [3.05, 3.63) is 11.6 Å². The third-order valence-electron chi connectivity index (χ3n) is 2.58. The summed E-state index contributed by atoms with van der Waals surface area (Å²) >= 11 is 0. The van der Waals surface area contributed by atoms with Crippen LogP contribution in [0.5, 0.6) is 0 Å². The summed E-state index contributed by atoms with van der Waals surface area (Å²) in [5.74, 6) is -0.203. The number of rotatable bonds is 9. The van der Waals surface area contributed by atoms with Gasteiger partial charge < -0.3 is 4.74 Å². The fourth-order valence-corrected chi connectivity index (χ4v) is 1.64. The Morgan fingerprint density at radius 2 is 1.69 bits per heavy atom. The monoisotopic (exact) mass is 226 g/mol. The van der Waals surface area contributed by atoms with E-state index < -0.39 is 0 Å². The van der Waals surface area contributed by atoms with Crippen molar-refractivity contribution in [2.45, 2.75) is 65.7 Å². The van der Waals surface area contributed by atoms with E-state index in [9.17, 15) is 4.79 Å². The van der Waals surface area contributed by atoms with Gasteiger partial charge in [0.1, 0.15) is 0 Å². The van der Waals surface area contributed by atoms with Gasteiger partial charge in [0.25, 0.3) is 0 Å². The Hall–Kier alpha value is -0.790. The highest BCUT2D eigenvalue weighted by molar-refractivity contribution is 5.82. The van der Waals surface area contributed by atoms with Crippen molar-refractivity contribution in [2.75, 3.05) is 6.61 Å². The lowest BCUT2D eigenvalue weighted by molar-refractivity contribution is -0.137. The molecule has 0 aliphatic heterocycles. The van der Waals surface area contributed by atoms with Crippen molar-refractivity contribution in [3.63, 3.8) is 0 Å². The number of carbonyl (C=O) groups is 1. The Morgan fingerprint density at radius 1 is 1.06 bits per heavy atom. The molecule has 0 radical (unpaired) electrons. The molecule has 0 amide bonds. The van der Waals surface area contributed by atoms with E-state index in [1.165, 1.54) is 38.5 Å². The number of carbonyl (C=O) groups excluding carboxylic acids is 1. The molecule has 0 aromatic rings. The van der Waals surface area contributed by atoms with Crippen molar-refractivity contribution in [3.8, 4) is 0 Å². The fourth-order valence-electron chi connectivity index (χ4n) is 1.64. The summed E-state index contributed by atoms with van der Waals surface area (Å²) in [5.41, 5.74) is 1.13. The second-order valence-electron chi connectivity index (χ2n) is 4.26. The minimum absolute atomic E-state index is 0.203. The average molecular weight is 226 g/mol. The first-order valence-electron chi connectivity index (χ1n) is 6.54. The van der Waals surface area contributed by atoms with Crippen molar-refractivity contribution in [1.82, 2.24) is 0 Å². The van der Waals surface area contributed by atoms with Gasteiger partial charge in [0.05, 0.1) is 6.61 Å². The van der Waals surface area contributed by atoms with Crippen LogP contribution in [0.25, 0.3) is 0 Å². The summed E-state index contributed by atoms with van der Waals surface area (Å²) in [6.07, 6.45) is 10.4. The molecule has 0 heterocycles. The zero-order chi connectivity index (χ0) is 12.2. The molecule has 94 valence electrons. The van der Waals surface area contributed by atoms with E-state index in [0.717, 1.165) is 12.0 Å². The largest absolute Gasteiger partial charge is 0.463 e. The van der Waals surface area contributed by atoms with Gasteiger partial charge in [-0.1, -0.05) is 44.6 Å². The smallest absolute Gasteiger partial charge is 0.330 e. The van der Waals surface area contributed by atoms with E-state index in [4.69, 9.17) is 4.74 Å². The second-order valence-corrected chi connectivity index (χ2v) is 4.26. The molecular weight excluding hydrogens is 200 g/mol. The van der Waals surface area contributed by atoms with Gasteiger partial charge in [0.2, 0.25) is 0 Å². The van der Waals surface area contributed by atoms with Crippen LogP contribution in [0.2, 0.25) is 0 Å². The first-order chi connectivity index (χ1) is 7.70. The molecular formula is C14H26O2. The highest BCUT2D eigenvalue weighted by Crippen LogP contribution is 2.11. The van der Waals surface area contributed by atoms with Crippen LogP contribution in [0.1, 0.15) is 65.7 Å². The number of esters is 1. The molecule has 0 fully saturated rings. The molecule has 0 aromatic carbocycles. The van der Waals surface area contributed by atoms with Crippen LogP contribution in [-0.2, 0) is 9.53 Å². The molecule has 2 nitrogen and oxygen atoms in total. The van der Waals surface area contributed by atoms with Gasteiger partial charge >= 0.3 is 5.97 Å². The Bertz CT molecular complexity index is 207. The minimum Gasteiger partial charge on any atom is -0.463 e. The van der Waals surface area contributed by atoms with E-state index in [1.54, 1.807) is 6.08 Å². The Balaban J connectivity index is 3.49. The molecule has 0 unspecified atom stereocenters. The van der Waals surface area contributed by atoms with Crippen LogP contribution >= 0.6 is 0 Å². The lowest BCUT2D eigenvalue weighted by Gasteiger charge is -2.02. The van der Waals surface area contributed by atoms with Crippen LogP contribution in [0.15, 0.2) is 11.6 Å². The molecule has 0 atom stereocenters. The maximum atomic E-state index is 11.1. The van der Waals surface area contributed by atoms with Gasteiger partial charge in [-0.2, -0.15) is 0 Å². The number of hydrogen-bond donors (Lipinski definition) is 0. The quantitative estimate of drug-likeness (QED) is 0.334. The summed E-state index contributed by atoms with van der Waals surface area (Å²) in [6.45, 7) is 6.52. The lowest BCUT2D eigenvalue weighted by atomic mass is 10.1. The van der Waals surface area contributed by atoms with Crippen molar-refractivity contribution in [1.29, 1.82) is 0 Å². The van der Waals surface area contributed by atoms with Gasteiger partial charge in [-0.15, -0.1) is 0 Å². The van der Waals surface area contributed by atoms with Crippen LogP contribution < -0.4 is 0 Å². The molecule has 0 aliphatic rings. The summed E-state index contributed by atoms with van der Waals surface area (Å²) in [6, 6.07) is 0. The summed E-state index contributed by atoms with van der Waals surface area (Å²) < 4.78 is 4.86. The maximum absolute atomic E-state index is 11.1. The van der Waals surface area contributed by atoms with Gasteiger partial charge in [0, 0.05) is 6.08 Å². The third kappa shape index (κ3) is 9.75.